The molecule has 0 saturated heterocycles. The van der Waals surface area contributed by atoms with Crippen LogP contribution < -0.4 is 65.5 Å². The van der Waals surface area contributed by atoms with Gasteiger partial charge in [0, 0.05) is 106 Å². The highest BCUT2D eigenvalue weighted by molar-refractivity contribution is 5.85. The second-order valence-corrected chi connectivity index (χ2v) is 22.7. The lowest BCUT2D eigenvalue weighted by atomic mass is 10.0. The molecule has 470 valence electrons. The van der Waals surface area contributed by atoms with Gasteiger partial charge in [0.1, 0.15) is 0 Å². The van der Waals surface area contributed by atoms with E-state index in [2.05, 4.69) is 42.5 Å². The van der Waals surface area contributed by atoms with Gasteiger partial charge in [0.2, 0.25) is 47.3 Å². The Bertz CT molecular complexity index is 2470. The molecule has 85 heavy (non-hydrogen) atoms. The zero-order valence-corrected chi connectivity index (χ0v) is 50.3. The Hall–Kier alpha value is -7.27. The number of unbranched alkanes of at least 4 members (excludes halogenated alkanes) is 3. The van der Waals surface area contributed by atoms with Crippen LogP contribution in [0.1, 0.15) is 153 Å². The van der Waals surface area contributed by atoms with Gasteiger partial charge in [-0.15, -0.1) is 0 Å². The molecule has 3 aromatic carbocycles. The summed E-state index contributed by atoms with van der Waals surface area (Å²) in [5.74, 6) is -4.05. The lowest BCUT2D eigenvalue weighted by molar-refractivity contribution is -0.138. The summed E-state index contributed by atoms with van der Waals surface area (Å²) in [4.78, 5) is 119. The Kier molecular flexibility index (Phi) is 35.3. The van der Waals surface area contributed by atoms with E-state index >= 15 is 0 Å². The molecule has 9 atom stereocenters. The maximum atomic E-state index is 13.9. The van der Waals surface area contributed by atoms with E-state index in [1.54, 1.807) is 20.8 Å². The summed E-state index contributed by atoms with van der Waals surface area (Å²) in [7, 11) is 0. The van der Waals surface area contributed by atoms with Crippen LogP contribution in [0.25, 0.3) is 0 Å². The highest BCUT2D eigenvalue weighted by Gasteiger charge is 2.27. The van der Waals surface area contributed by atoms with E-state index in [-0.39, 0.29) is 81.6 Å². The molecule has 0 aliphatic rings. The van der Waals surface area contributed by atoms with Crippen molar-refractivity contribution >= 4 is 53.2 Å². The minimum absolute atomic E-state index is 0.00428. The average Bonchev–Trinajstić information content (AvgIpc) is 3.41. The number of nitrogens with two attached hydrogens (primary N) is 4. The number of carbonyl (C=O) groups excluding carboxylic acids is 8. The number of amides is 8. The van der Waals surface area contributed by atoms with Crippen LogP contribution in [0.3, 0.4) is 0 Å². The minimum atomic E-state index is -1.05. The molecule has 0 unspecified atom stereocenters. The molecular weight excluding hydrogens is 1090 g/mol. The van der Waals surface area contributed by atoms with Gasteiger partial charge in [0.05, 0.1) is 6.42 Å². The number of carboxylic acid groups (broad SMARTS) is 1. The fraction of sp³-hybridized carbons (Fsp3) is 0.571. The Morgan fingerprint density at radius 2 is 0.753 bits per heavy atom. The highest BCUT2D eigenvalue weighted by Crippen LogP contribution is 2.15. The second-order valence-electron chi connectivity index (χ2n) is 22.7. The number of rotatable bonds is 44. The first-order valence-electron chi connectivity index (χ1n) is 30.3. The molecule has 0 aliphatic carbocycles. The number of carboxylic acids is 1. The fourth-order valence-electron chi connectivity index (χ4n) is 10.2. The standard InChI is InChI=1S/C63H98N12O10/c1-43(67)31-55(76)70-49(25-13-16-28-64)37-60(81)73-52(34-46-19-7-4-8-20-46)40-58(79)68-44(2)32-56(77)71-50(26-14-17-29-65)38-61(82)74-53(35-47-21-9-5-10-22-47)41-59(80)69-45(3)33-57(78)72-51(27-15-18-30-66)39-62(83)75-54(42-63(84)85)36-48-23-11-6-12-24-48/h4-12,19-24,43-45,49-54H,13-18,25-42,64-67H2,1-3H3,(H,68,79)(H,69,80)(H,70,76)(H,71,77)(H,72,78)(H,73,81)(H,74,82)(H,75,83)(H,84,85)/t43-,44-,45-,49-,50-,51-,52-,53-,54-/m0/s1/i41+2,59+2. The molecule has 8 amide bonds. The molecule has 0 fully saturated rings. The quantitative estimate of drug-likeness (QED) is 0.0362. The Balaban J connectivity index is 1.63. The molecule has 0 aromatic heterocycles. The number of benzene rings is 3. The molecule has 22 heteroatoms. The van der Waals surface area contributed by atoms with Crippen LogP contribution in [0.15, 0.2) is 91.0 Å². The minimum Gasteiger partial charge on any atom is -0.481 e. The van der Waals surface area contributed by atoms with E-state index in [9.17, 15) is 48.3 Å². The lowest BCUT2D eigenvalue weighted by Crippen LogP contribution is -2.47. The normalized spacial score (nSPS) is 14.3. The number of hydrogen-bond donors (Lipinski definition) is 13. The molecule has 3 rings (SSSR count). The van der Waals surface area contributed by atoms with Gasteiger partial charge in [0.15, 0.2) is 0 Å². The van der Waals surface area contributed by atoms with E-state index in [4.69, 9.17) is 22.9 Å². The molecular formula is C63H98N12O10. The average molecular weight is 1190 g/mol. The Morgan fingerprint density at radius 3 is 1.15 bits per heavy atom. The van der Waals surface area contributed by atoms with Gasteiger partial charge in [-0.3, -0.25) is 43.2 Å². The fourth-order valence-corrected chi connectivity index (χ4v) is 10.2. The monoisotopic (exact) mass is 1190 g/mol. The van der Waals surface area contributed by atoms with Crippen molar-refractivity contribution in [3.63, 3.8) is 0 Å². The molecule has 0 spiro atoms. The third kappa shape index (κ3) is 34.3. The van der Waals surface area contributed by atoms with Gasteiger partial charge in [-0.2, -0.15) is 0 Å². The van der Waals surface area contributed by atoms with Crippen LogP contribution in [0, 0.1) is 0 Å². The second kappa shape index (κ2) is 41.7. The van der Waals surface area contributed by atoms with Crippen molar-refractivity contribution in [2.75, 3.05) is 19.6 Å². The van der Waals surface area contributed by atoms with Gasteiger partial charge in [-0.25, -0.2) is 0 Å². The first-order valence-corrected chi connectivity index (χ1v) is 30.3. The molecule has 0 radical (unpaired) electrons. The number of carbonyl (C=O) groups is 9. The van der Waals surface area contributed by atoms with Gasteiger partial charge >= 0.3 is 5.97 Å². The molecule has 0 saturated carbocycles. The smallest absolute Gasteiger partial charge is 0.305 e. The molecule has 3 aromatic rings. The maximum absolute atomic E-state index is 13.9. The summed E-state index contributed by atoms with van der Waals surface area (Å²) in [5, 5.41) is 33.0. The van der Waals surface area contributed by atoms with Crippen LogP contribution >= 0.6 is 0 Å². The van der Waals surface area contributed by atoms with E-state index in [1.807, 2.05) is 91.0 Å². The van der Waals surface area contributed by atoms with E-state index in [1.165, 1.54) is 0 Å². The van der Waals surface area contributed by atoms with Crippen LogP contribution in [-0.4, -0.2) is 132 Å². The van der Waals surface area contributed by atoms with E-state index < -0.39 is 83.8 Å². The SMILES string of the molecule is C[C@H](N)CC(=O)N[C@@H](CCCCN)CC(=O)N[C@H](CC(=O)N[C@@H](C)CC(=O)N[C@@H](CCCCN)CC(=O)N[C@@H](Cc1ccccc1)[14CH2][14C](=O)N[C@@H](C)CC(=O)N[C@@H](CCCCN)CC(=O)N[C@H](CC(=O)O)Cc1ccccc1)Cc1ccccc1. The summed E-state index contributed by atoms with van der Waals surface area (Å²) in [5.41, 5.74) is 25.7. The Labute approximate surface area is 502 Å². The lowest BCUT2D eigenvalue weighted by Gasteiger charge is -2.24. The zero-order valence-electron chi connectivity index (χ0n) is 50.3. The number of nitrogens with one attached hydrogen (secondary N) is 8. The summed E-state index contributed by atoms with van der Waals surface area (Å²) >= 11 is 0. The molecule has 0 bridgehead atoms. The Morgan fingerprint density at radius 1 is 0.424 bits per heavy atom. The van der Waals surface area contributed by atoms with Crippen molar-refractivity contribution in [2.45, 2.75) is 210 Å². The first kappa shape index (κ1) is 72.0. The highest BCUT2D eigenvalue weighted by atomic mass is 16.4. The van der Waals surface area contributed by atoms with Gasteiger partial charge in [-0.1, -0.05) is 110 Å². The van der Waals surface area contributed by atoms with Crippen LogP contribution in [-0.2, 0) is 62.4 Å². The topological polar surface area (TPSA) is 374 Å². The van der Waals surface area contributed by atoms with E-state index in [0.717, 1.165) is 23.1 Å². The zero-order chi connectivity index (χ0) is 62.4. The van der Waals surface area contributed by atoms with Crippen LogP contribution in [0.5, 0.6) is 0 Å². The summed E-state index contributed by atoms with van der Waals surface area (Å²) in [6, 6.07) is 22.8. The third-order valence-corrected chi connectivity index (χ3v) is 14.1. The molecule has 22 nitrogen and oxygen atoms in total. The van der Waals surface area contributed by atoms with Crippen molar-refractivity contribution in [3.05, 3.63) is 108 Å². The maximum Gasteiger partial charge on any atom is 0.305 e. The molecule has 17 N–H and O–H groups in total. The van der Waals surface area contributed by atoms with Crippen molar-refractivity contribution in [1.29, 1.82) is 0 Å². The largest absolute Gasteiger partial charge is 0.481 e. The number of hydrogen-bond acceptors (Lipinski definition) is 13. The van der Waals surface area contributed by atoms with Crippen molar-refractivity contribution in [2.24, 2.45) is 22.9 Å². The number of aliphatic carboxylic acids is 1. The first-order chi connectivity index (χ1) is 40.7. The molecule has 0 aliphatic heterocycles. The van der Waals surface area contributed by atoms with Gasteiger partial charge in [0.25, 0.3) is 0 Å². The van der Waals surface area contributed by atoms with Crippen LogP contribution in [0.4, 0.5) is 0 Å². The summed E-state index contributed by atoms with van der Waals surface area (Å²) < 4.78 is 0. The third-order valence-electron chi connectivity index (χ3n) is 14.1. The molecule has 0 heterocycles. The summed E-state index contributed by atoms with van der Waals surface area (Å²) in [6.45, 7) is 6.43. The predicted molar refractivity (Wildman–Crippen MR) is 329 cm³/mol. The predicted octanol–water partition coefficient (Wildman–Crippen LogP) is 2.96. The van der Waals surface area contributed by atoms with Crippen molar-refractivity contribution in [3.8, 4) is 0 Å². The van der Waals surface area contributed by atoms with Crippen LogP contribution in [0.2, 0.25) is 0 Å². The van der Waals surface area contributed by atoms with Crippen molar-refractivity contribution in [1.82, 2.24) is 42.5 Å². The van der Waals surface area contributed by atoms with Gasteiger partial charge < -0.3 is 70.6 Å². The van der Waals surface area contributed by atoms with Gasteiger partial charge in [-0.05, 0) is 115 Å². The van der Waals surface area contributed by atoms with E-state index in [0.29, 0.717) is 90.3 Å². The van der Waals surface area contributed by atoms with Crippen molar-refractivity contribution < 1.29 is 48.3 Å². The summed E-state index contributed by atoms with van der Waals surface area (Å²) in [6.07, 6.45) is 5.63.